The number of carbonyl (C=O) groups excluding carboxylic acids is 1. The molecule has 1 saturated carbocycles. The van der Waals surface area contributed by atoms with Crippen LogP contribution < -0.4 is 5.32 Å². The summed E-state index contributed by atoms with van der Waals surface area (Å²) in [7, 11) is 0. The summed E-state index contributed by atoms with van der Waals surface area (Å²) < 4.78 is 19.7. The largest absolute Gasteiger partial charge is 0.465 e. The van der Waals surface area contributed by atoms with Gasteiger partial charge in [-0.05, 0) is 19.8 Å². The SMILES string of the molecule is CCOC(=O)[C@@]12CCCC[C@]1(F)CNC2. The molecule has 1 aliphatic carbocycles. The Bertz CT molecular complexity index is 271. The number of halogens is 1. The van der Waals surface area contributed by atoms with Crippen LogP contribution in [0.1, 0.15) is 32.6 Å². The van der Waals surface area contributed by atoms with E-state index in [1.807, 2.05) is 0 Å². The zero-order valence-electron chi connectivity index (χ0n) is 9.14. The van der Waals surface area contributed by atoms with E-state index in [9.17, 15) is 9.18 Å². The van der Waals surface area contributed by atoms with Crippen molar-refractivity contribution in [1.82, 2.24) is 5.32 Å². The fourth-order valence-electron chi connectivity index (χ4n) is 2.90. The lowest BCUT2D eigenvalue weighted by atomic mass is 9.66. The number of carbonyl (C=O) groups is 1. The number of rotatable bonds is 2. The van der Waals surface area contributed by atoms with Crippen molar-refractivity contribution in [2.45, 2.75) is 38.3 Å². The van der Waals surface area contributed by atoms with Crippen LogP contribution in [0.2, 0.25) is 0 Å². The average molecular weight is 215 g/mol. The molecular formula is C11H18FNO2. The first-order valence-electron chi connectivity index (χ1n) is 5.71. The third-order valence-electron chi connectivity index (χ3n) is 3.78. The van der Waals surface area contributed by atoms with Gasteiger partial charge in [-0.1, -0.05) is 12.8 Å². The van der Waals surface area contributed by atoms with Crippen LogP contribution in [0.4, 0.5) is 4.39 Å². The highest BCUT2D eigenvalue weighted by Gasteiger charge is 2.62. The van der Waals surface area contributed by atoms with Gasteiger partial charge in [0.05, 0.1) is 6.61 Å². The minimum absolute atomic E-state index is 0.297. The van der Waals surface area contributed by atoms with E-state index >= 15 is 0 Å². The fraction of sp³-hybridized carbons (Fsp3) is 0.909. The van der Waals surface area contributed by atoms with Crippen LogP contribution in [0.3, 0.4) is 0 Å². The summed E-state index contributed by atoms with van der Waals surface area (Å²) >= 11 is 0. The van der Waals surface area contributed by atoms with Gasteiger partial charge in [-0.2, -0.15) is 0 Å². The smallest absolute Gasteiger partial charge is 0.316 e. The molecule has 1 saturated heterocycles. The molecule has 4 heteroatoms. The number of hydrogen-bond acceptors (Lipinski definition) is 3. The predicted octanol–water partition coefficient (Wildman–Crippen LogP) is 1.42. The van der Waals surface area contributed by atoms with Crippen LogP contribution in [0.15, 0.2) is 0 Å². The van der Waals surface area contributed by atoms with Crippen molar-refractivity contribution in [1.29, 1.82) is 0 Å². The fourth-order valence-corrected chi connectivity index (χ4v) is 2.90. The maximum absolute atomic E-state index is 14.6. The Kier molecular flexibility index (Phi) is 2.71. The van der Waals surface area contributed by atoms with Gasteiger partial charge in [0.25, 0.3) is 0 Å². The van der Waals surface area contributed by atoms with Crippen molar-refractivity contribution >= 4 is 5.97 Å². The normalized spacial score (nSPS) is 39.9. The van der Waals surface area contributed by atoms with Crippen LogP contribution in [0, 0.1) is 5.41 Å². The Morgan fingerprint density at radius 1 is 1.40 bits per heavy atom. The van der Waals surface area contributed by atoms with Gasteiger partial charge in [0, 0.05) is 13.1 Å². The van der Waals surface area contributed by atoms with Gasteiger partial charge < -0.3 is 10.1 Å². The van der Waals surface area contributed by atoms with E-state index in [0.717, 1.165) is 12.8 Å². The molecular weight excluding hydrogens is 197 g/mol. The Balaban J connectivity index is 2.25. The number of fused-ring (bicyclic) bond motifs is 1. The van der Waals surface area contributed by atoms with Crippen molar-refractivity contribution in [3.8, 4) is 0 Å². The van der Waals surface area contributed by atoms with Crippen LogP contribution in [-0.4, -0.2) is 31.3 Å². The quantitative estimate of drug-likeness (QED) is 0.708. The molecule has 0 aromatic carbocycles. The molecule has 15 heavy (non-hydrogen) atoms. The van der Waals surface area contributed by atoms with Gasteiger partial charge in [-0.15, -0.1) is 0 Å². The van der Waals surface area contributed by atoms with Crippen LogP contribution in [-0.2, 0) is 9.53 Å². The number of esters is 1. The van der Waals surface area contributed by atoms with Gasteiger partial charge in [0.2, 0.25) is 0 Å². The second-order valence-corrected chi connectivity index (χ2v) is 4.58. The molecule has 3 nitrogen and oxygen atoms in total. The van der Waals surface area contributed by atoms with Crippen molar-refractivity contribution in [3.05, 3.63) is 0 Å². The molecule has 86 valence electrons. The minimum atomic E-state index is -1.38. The highest BCUT2D eigenvalue weighted by molar-refractivity contribution is 5.79. The molecule has 0 unspecified atom stereocenters. The lowest BCUT2D eigenvalue weighted by Crippen LogP contribution is -2.52. The van der Waals surface area contributed by atoms with E-state index in [1.54, 1.807) is 6.92 Å². The number of hydrogen-bond donors (Lipinski definition) is 1. The molecule has 0 radical (unpaired) electrons. The summed E-state index contributed by atoms with van der Waals surface area (Å²) in [4.78, 5) is 11.9. The summed E-state index contributed by atoms with van der Waals surface area (Å²) in [6.07, 6.45) is 2.90. The second-order valence-electron chi connectivity index (χ2n) is 4.58. The van der Waals surface area contributed by atoms with E-state index in [4.69, 9.17) is 4.74 Å². The van der Waals surface area contributed by atoms with Crippen LogP contribution >= 0.6 is 0 Å². The molecule has 2 rings (SSSR count). The Morgan fingerprint density at radius 2 is 2.13 bits per heavy atom. The highest BCUT2D eigenvalue weighted by Crippen LogP contribution is 2.50. The molecule has 2 atom stereocenters. The van der Waals surface area contributed by atoms with Crippen molar-refractivity contribution in [2.75, 3.05) is 19.7 Å². The lowest BCUT2D eigenvalue weighted by Gasteiger charge is -2.40. The third-order valence-corrected chi connectivity index (χ3v) is 3.78. The lowest BCUT2D eigenvalue weighted by molar-refractivity contribution is -0.166. The molecule has 0 bridgehead atoms. The molecule has 1 heterocycles. The summed E-state index contributed by atoms with van der Waals surface area (Å²) in [6.45, 7) is 2.82. The van der Waals surface area contributed by atoms with E-state index in [-0.39, 0.29) is 5.97 Å². The van der Waals surface area contributed by atoms with Crippen molar-refractivity contribution in [2.24, 2.45) is 5.41 Å². The summed E-state index contributed by atoms with van der Waals surface area (Å²) in [5.74, 6) is -0.350. The Labute approximate surface area is 89.4 Å². The predicted molar refractivity (Wildman–Crippen MR) is 54.2 cm³/mol. The van der Waals surface area contributed by atoms with Gasteiger partial charge in [-0.3, -0.25) is 4.79 Å². The van der Waals surface area contributed by atoms with E-state index in [2.05, 4.69) is 5.32 Å². The van der Waals surface area contributed by atoms with Crippen LogP contribution in [0.25, 0.3) is 0 Å². The van der Waals surface area contributed by atoms with Gasteiger partial charge in [0.15, 0.2) is 0 Å². The maximum Gasteiger partial charge on any atom is 0.316 e. The third kappa shape index (κ3) is 1.46. The summed E-state index contributed by atoms with van der Waals surface area (Å²) in [5, 5.41) is 3.01. The molecule has 2 aliphatic rings. The molecule has 0 aromatic heterocycles. The van der Waals surface area contributed by atoms with Crippen LogP contribution in [0.5, 0.6) is 0 Å². The average Bonchev–Trinajstić information content (AvgIpc) is 2.56. The maximum atomic E-state index is 14.6. The minimum Gasteiger partial charge on any atom is -0.465 e. The first-order valence-corrected chi connectivity index (χ1v) is 5.71. The monoisotopic (exact) mass is 215 g/mol. The Hall–Kier alpha value is -0.640. The second kappa shape index (κ2) is 3.74. The highest BCUT2D eigenvalue weighted by atomic mass is 19.1. The standard InChI is InChI=1S/C11H18FNO2/c1-2-15-9(14)10-5-3-4-6-11(10,12)8-13-7-10/h13H,2-8H2,1H3/t10-,11-/m0/s1. The van der Waals surface area contributed by atoms with Crippen molar-refractivity contribution < 1.29 is 13.9 Å². The number of alkyl halides is 1. The van der Waals surface area contributed by atoms with E-state index in [0.29, 0.717) is 32.5 Å². The summed E-state index contributed by atoms with van der Waals surface area (Å²) in [5.41, 5.74) is -2.28. The topological polar surface area (TPSA) is 38.3 Å². The number of nitrogens with one attached hydrogen (secondary N) is 1. The van der Waals surface area contributed by atoms with Gasteiger partial charge in [-0.25, -0.2) is 4.39 Å². The zero-order valence-corrected chi connectivity index (χ0v) is 9.14. The molecule has 1 aliphatic heterocycles. The van der Waals surface area contributed by atoms with E-state index in [1.165, 1.54) is 0 Å². The molecule has 1 N–H and O–H groups in total. The first kappa shape index (κ1) is 10.9. The van der Waals surface area contributed by atoms with E-state index < -0.39 is 11.1 Å². The van der Waals surface area contributed by atoms with Crippen molar-refractivity contribution in [3.63, 3.8) is 0 Å². The molecule has 0 amide bonds. The zero-order chi connectivity index (χ0) is 10.9. The molecule has 0 spiro atoms. The van der Waals surface area contributed by atoms with Gasteiger partial charge in [0.1, 0.15) is 11.1 Å². The molecule has 2 fully saturated rings. The molecule has 0 aromatic rings. The van der Waals surface area contributed by atoms with Gasteiger partial charge >= 0.3 is 5.97 Å². The summed E-state index contributed by atoms with van der Waals surface area (Å²) in [6, 6.07) is 0. The number of ether oxygens (including phenoxy) is 1. The first-order chi connectivity index (χ1) is 7.15. The Morgan fingerprint density at radius 3 is 2.87 bits per heavy atom.